The minimum Gasteiger partial charge on any atom is -0.493 e. The Bertz CT molecular complexity index is 322. The van der Waals surface area contributed by atoms with Crippen LogP contribution in [0.5, 0.6) is 5.75 Å². The molecule has 4 nitrogen and oxygen atoms in total. The lowest BCUT2D eigenvalue weighted by molar-refractivity contribution is 0.374. The van der Waals surface area contributed by atoms with Gasteiger partial charge >= 0.3 is 0 Å². The first-order valence-electron chi connectivity index (χ1n) is 6.00. The summed E-state index contributed by atoms with van der Waals surface area (Å²) in [5.74, 6) is 1.24. The molecule has 2 N–H and O–H groups in total. The lowest BCUT2D eigenvalue weighted by atomic mass is 9.97. The second kappa shape index (κ2) is 5.89. The molecule has 0 amide bonds. The number of nitrogens with two attached hydrogens (primary N) is 1. The molecule has 0 aliphatic heterocycles. The zero-order chi connectivity index (χ0) is 12.1. The molecule has 1 aromatic heterocycles. The average molecular weight is 225 g/mol. The van der Waals surface area contributed by atoms with Gasteiger partial charge in [0.15, 0.2) is 5.75 Å². The van der Waals surface area contributed by atoms with Gasteiger partial charge in [0.25, 0.3) is 0 Å². The summed E-state index contributed by atoms with van der Waals surface area (Å²) in [5.41, 5.74) is 7.29. The standard InChI is InChI=1S/C12H23N3O/c1-5-7-15-12(10(16-4)8-14-15)11(13)9(3)6-2/h8-9,11H,5-7,13H2,1-4H3. The molecular weight excluding hydrogens is 202 g/mol. The van der Waals surface area contributed by atoms with Crippen molar-refractivity contribution in [1.29, 1.82) is 0 Å². The van der Waals surface area contributed by atoms with Crippen LogP contribution in [0.2, 0.25) is 0 Å². The third-order valence-electron chi connectivity index (χ3n) is 3.07. The number of aryl methyl sites for hydroxylation is 1. The van der Waals surface area contributed by atoms with Gasteiger partial charge in [-0.15, -0.1) is 0 Å². The van der Waals surface area contributed by atoms with E-state index in [0.29, 0.717) is 5.92 Å². The Hall–Kier alpha value is -1.03. The molecule has 0 bridgehead atoms. The molecule has 2 atom stereocenters. The van der Waals surface area contributed by atoms with Crippen LogP contribution in [-0.4, -0.2) is 16.9 Å². The largest absolute Gasteiger partial charge is 0.493 e. The Morgan fingerprint density at radius 1 is 1.50 bits per heavy atom. The number of aromatic nitrogens is 2. The number of rotatable bonds is 6. The van der Waals surface area contributed by atoms with Crippen molar-refractivity contribution in [2.75, 3.05) is 7.11 Å². The van der Waals surface area contributed by atoms with E-state index in [2.05, 4.69) is 25.9 Å². The molecule has 1 rings (SSSR count). The predicted molar refractivity (Wildman–Crippen MR) is 65.5 cm³/mol. The molecule has 1 heterocycles. The summed E-state index contributed by atoms with van der Waals surface area (Å²) >= 11 is 0. The molecule has 92 valence electrons. The van der Waals surface area contributed by atoms with E-state index in [0.717, 1.165) is 30.8 Å². The summed E-state index contributed by atoms with van der Waals surface area (Å²) < 4.78 is 7.29. The van der Waals surface area contributed by atoms with Crippen LogP contribution in [-0.2, 0) is 6.54 Å². The first-order valence-corrected chi connectivity index (χ1v) is 6.00. The third-order valence-corrected chi connectivity index (χ3v) is 3.07. The van der Waals surface area contributed by atoms with Crippen LogP contribution in [0.4, 0.5) is 0 Å². The normalized spacial score (nSPS) is 14.8. The van der Waals surface area contributed by atoms with Crippen LogP contribution in [0, 0.1) is 5.92 Å². The van der Waals surface area contributed by atoms with Crippen LogP contribution in [0.3, 0.4) is 0 Å². The van der Waals surface area contributed by atoms with Gasteiger partial charge in [0, 0.05) is 6.54 Å². The number of methoxy groups -OCH3 is 1. The second-order valence-corrected chi connectivity index (χ2v) is 4.23. The third kappa shape index (κ3) is 2.55. The van der Waals surface area contributed by atoms with Gasteiger partial charge in [-0.25, -0.2) is 0 Å². The van der Waals surface area contributed by atoms with Crippen molar-refractivity contribution in [1.82, 2.24) is 9.78 Å². The Labute approximate surface area is 97.8 Å². The van der Waals surface area contributed by atoms with Gasteiger partial charge in [-0.2, -0.15) is 5.10 Å². The molecule has 0 saturated carbocycles. The van der Waals surface area contributed by atoms with E-state index in [1.807, 2.05) is 4.68 Å². The number of hydrogen-bond donors (Lipinski definition) is 1. The van der Waals surface area contributed by atoms with E-state index in [4.69, 9.17) is 10.5 Å². The summed E-state index contributed by atoms with van der Waals surface area (Å²) in [6.45, 7) is 7.33. The fraction of sp³-hybridized carbons (Fsp3) is 0.750. The van der Waals surface area contributed by atoms with Gasteiger partial charge < -0.3 is 10.5 Å². The minimum absolute atomic E-state index is 0.00556. The van der Waals surface area contributed by atoms with Crippen molar-refractivity contribution in [3.63, 3.8) is 0 Å². The fourth-order valence-corrected chi connectivity index (χ4v) is 1.78. The van der Waals surface area contributed by atoms with Crippen molar-refractivity contribution < 1.29 is 4.74 Å². The highest BCUT2D eigenvalue weighted by Gasteiger charge is 2.22. The summed E-state index contributed by atoms with van der Waals surface area (Å²) in [7, 11) is 1.67. The summed E-state index contributed by atoms with van der Waals surface area (Å²) in [5, 5.41) is 4.33. The van der Waals surface area contributed by atoms with Crippen LogP contribution < -0.4 is 10.5 Å². The van der Waals surface area contributed by atoms with Crippen LogP contribution in [0.25, 0.3) is 0 Å². The van der Waals surface area contributed by atoms with Crippen LogP contribution in [0.1, 0.15) is 45.3 Å². The van der Waals surface area contributed by atoms with Crippen molar-refractivity contribution in [2.24, 2.45) is 11.7 Å². The lowest BCUT2D eigenvalue weighted by Gasteiger charge is -2.20. The van der Waals surface area contributed by atoms with Crippen LogP contribution in [0.15, 0.2) is 6.20 Å². The Morgan fingerprint density at radius 3 is 2.69 bits per heavy atom. The number of ether oxygens (including phenoxy) is 1. The van der Waals surface area contributed by atoms with E-state index in [-0.39, 0.29) is 6.04 Å². The summed E-state index contributed by atoms with van der Waals surface area (Å²) in [6, 6.07) is -0.00556. The van der Waals surface area contributed by atoms with Gasteiger partial charge in [0.05, 0.1) is 25.0 Å². The molecule has 1 aromatic rings. The van der Waals surface area contributed by atoms with Gasteiger partial charge in [0.1, 0.15) is 0 Å². The molecule has 16 heavy (non-hydrogen) atoms. The number of hydrogen-bond acceptors (Lipinski definition) is 3. The van der Waals surface area contributed by atoms with Gasteiger partial charge in [-0.05, 0) is 12.3 Å². The van der Waals surface area contributed by atoms with Gasteiger partial charge in [-0.3, -0.25) is 4.68 Å². The highest BCUT2D eigenvalue weighted by molar-refractivity contribution is 5.28. The first kappa shape index (κ1) is 13.0. The predicted octanol–water partition coefficient (Wildman–Crippen LogP) is 2.35. The van der Waals surface area contributed by atoms with Crippen molar-refractivity contribution in [2.45, 2.75) is 46.2 Å². The zero-order valence-corrected chi connectivity index (χ0v) is 10.7. The molecule has 0 aliphatic carbocycles. The van der Waals surface area contributed by atoms with Crippen molar-refractivity contribution >= 4 is 0 Å². The van der Waals surface area contributed by atoms with Crippen LogP contribution >= 0.6 is 0 Å². The quantitative estimate of drug-likeness (QED) is 0.808. The highest BCUT2D eigenvalue weighted by Crippen LogP contribution is 2.29. The first-order chi connectivity index (χ1) is 7.65. The van der Waals surface area contributed by atoms with Crippen molar-refractivity contribution in [3.8, 4) is 5.75 Å². The van der Waals surface area contributed by atoms with E-state index >= 15 is 0 Å². The zero-order valence-electron chi connectivity index (χ0n) is 10.7. The molecule has 0 fully saturated rings. The Balaban J connectivity index is 3.01. The average Bonchev–Trinajstić information content (AvgIpc) is 2.70. The maximum absolute atomic E-state index is 6.26. The summed E-state index contributed by atoms with van der Waals surface area (Å²) in [4.78, 5) is 0. The molecule has 0 aliphatic rings. The Kier molecular flexibility index (Phi) is 4.80. The second-order valence-electron chi connectivity index (χ2n) is 4.23. The van der Waals surface area contributed by atoms with Gasteiger partial charge in [-0.1, -0.05) is 27.2 Å². The molecule has 0 aromatic carbocycles. The Morgan fingerprint density at radius 2 is 2.19 bits per heavy atom. The van der Waals surface area contributed by atoms with Gasteiger partial charge in [0.2, 0.25) is 0 Å². The molecular formula is C12H23N3O. The topological polar surface area (TPSA) is 53.1 Å². The maximum Gasteiger partial charge on any atom is 0.161 e. The molecule has 4 heteroatoms. The van der Waals surface area contributed by atoms with Crippen molar-refractivity contribution in [3.05, 3.63) is 11.9 Å². The monoisotopic (exact) mass is 225 g/mol. The van der Waals surface area contributed by atoms with E-state index < -0.39 is 0 Å². The molecule has 2 unspecified atom stereocenters. The SMILES string of the molecule is CCCn1ncc(OC)c1C(N)C(C)CC. The molecule has 0 saturated heterocycles. The smallest absolute Gasteiger partial charge is 0.161 e. The minimum atomic E-state index is -0.00556. The lowest BCUT2D eigenvalue weighted by Crippen LogP contribution is -2.23. The maximum atomic E-state index is 6.26. The molecule has 0 radical (unpaired) electrons. The summed E-state index contributed by atoms with van der Waals surface area (Å²) in [6.07, 6.45) is 3.86. The van der Waals surface area contributed by atoms with E-state index in [9.17, 15) is 0 Å². The fourth-order valence-electron chi connectivity index (χ4n) is 1.78. The number of nitrogens with zero attached hydrogens (tertiary/aromatic N) is 2. The van der Waals surface area contributed by atoms with E-state index in [1.54, 1.807) is 13.3 Å². The highest BCUT2D eigenvalue weighted by atomic mass is 16.5. The van der Waals surface area contributed by atoms with E-state index in [1.165, 1.54) is 0 Å². The molecule has 0 spiro atoms.